The van der Waals surface area contributed by atoms with Crippen molar-refractivity contribution in [3.8, 4) is 22.5 Å². The molecule has 0 spiro atoms. The van der Waals surface area contributed by atoms with Crippen LogP contribution in [0.3, 0.4) is 0 Å². The van der Waals surface area contributed by atoms with Crippen molar-refractivity contribution in [1.29, 1.82) is 0 Å². The smallest absolute Gasteiger partial charge is 0.270 e. The summed E-state index contributed by atoms with van der Waals surface area (Å²) in [7, 11) is 0. The number of carbonyl (C=O) groups is 2. The van der Waals surface area contributed by atoms with Gasteiger partial charge in [0.25, 0.3) is 5.91 Å². The Morgan fingerprint density at radius 1 is 1.14 bits per heavy atom. The third kappa shape index (κ3) is 4.65. The molecule has 4 aromatic rings. The van der Waals surface area contributed by atoms with Crippen molar-refractivity contribution in [2.75, 3.05) is 13.1 Å². The summed E-state index contributed by atoms with van der Waals surface area (Å²) in [6.45, 7) is 5.13. The number of aromatic amines is 1. The Labute approximate surface area is 202 Å². The highest BCUT2D eigenvalue weighted by Gasteiger charge is 2.28. The predicted octanol–water partition coefficient (Wildman–Crippen LogP) is 2.41. The average molecular weight is 473 g/mol. The van der Waals surface area contributed by atoms with E-state index in [0.717, 1.165) is 53.8 Å². The molecule has 0 unspecified atom stereocenters. The van der Waals surface area contributed by atoms with Crippen LogP contribution in [-0.2, 0) is 4.79 Å². The summed E-state index contributed by atoms with van der Waals surface area (Å²) >= 11 is 0. The molecule has 0 atom stereocenters. The largest absolute Gasteiger partial charge is 0.368 e. The number of nitrogens with zero attached hydrogens (tertiary/aromatic N) is 4. The lowest BCUT2D eigenvalue weighted by Gasteiger charge is -2.22. The number of rotatable bonds is 6. The van der Waals surface area contributed by atoms with Crippen LogP contribution in [0.5, 0.6) is 0 Å². The molecule has 5 N–H and O–H groups in total. The van der Waals surface area contributed by atoms with Gasteiger partial charge in [0.1, 0.15) is 16.9 Å². The monoisotopic (exact) mass is 472 g/mol. The molecule has 4 aromatic heterocycles. The van der Waals surface area contributed by atoms with Crippen LogP contribution >= 0.6 is 0 Å². The number of piperidine rings is 1. The molecule has 0 aromatic carbocycles. The molecule has 1 aliphatic rings. The number of hydrogen-bond acceptors (Lipinski definition) is 6. The number of hydrogen-bond donors (Lipinski definition) is 4. The van der Waals surface area contributed by atoms with Gasteiger partial charge in [-0.3, -0.25) is 14.3 Å². The number of fused-ring (bicyclic) bond motifs is 1. The van der Waals surface area contributed by atoms with Gasteiger partial charge < -0.3 is 21.4 Å². The number of pyridine rings is 2. The lowest BCUT2D eigenvalue weighted by molar-refractivity contribution is -0.122. The molecule has 1 saturated heterocycles. The molecule has 35 heavy (non-hydrogen) atoms. The molecule has 0 radical (unpaired) electrons. The second-order valence-electron chi connectivity index (χ2n) is 9.39. The molecule has 5 heterocycles. The summed E-state index contributed by atoms with van der Waals surface area (Å²) in [6.07, 6.45) is 7.83. The maximum Gasteiger partial charge on any atom is 0.270 e. The Balaban J connectivity index is 1.39. The molecule has 0 bridgehead atoms. The van der Waals surface area contributed by atoms with Gasteiger partial charge in [-0.2, -0.15) is 5.10 Å². The van der Waals surface area contributed by atoms with Crippen LogP contribution in [0.2, 0.25) is 0 Å². The number of nitrogens with one attached hydrogen (secondary N) is 3. The van der Waals surface area contributed by atoms with E-state index in [0.29, 0.717) is 11.7 Å². The zero-order valence-electron chi connectivity index (χ0n) is 19.7. The van der Waals surface area contributed by atoms with E-state index < -0.39 is 17.4 Å². The van der Waals surface area contributed by atoms with E-state index in [-0.39, 0.29) is 5.69 Å². The van der Waals surface area contributed by atoms with Crippen molar-refractivity contribution in [1.82, 2.24) is 35.4 Å². The number of aromatic nitrogens is 5. The highest BCUT2D eigenvalue weighted by Crippen LogP contribution is 2.28. The van der Waals surface area contributed by atoms with Crippen LogP contribution in [0, 0.1) is 0 Å². The third-order valence-electron chi connectivity index (χ3n) is 6.38. The Kier molecular flexibility index (Phi) is 5.81. The van der Waals surface area contributed by atoms with Gasteiger partial charge in [-0.25, -0.2) is 9.97 Å². The second-order valence-corrected chi connectivity index (χ2v) is 9.39. The van der Waals surface area contributed by atoms with Gasteiger partial charge in [0, 0.05) is 28.9 Å². The van der Waals surface area contributed by atoms with Crippen LogP contribution in [0.1, 0.15) is 43.2 Å². The predicted molar refractivity (Wildman–Crippen MR) is 132 cm³/mol. The van der Waals surface area contributed by atoms with Gasteiger partial charge in [0.15, 0.2) is 0 Å². The van der Waals surface area contributed by atoms with Crippen molar-refractivity contribution in [3.63, 3.8) is 0 Å². The van der Waals surface area contributed by atoms with Gasteiger partial charge in [0.05, 0.1) is 23.6 Å². The fourth-order valence-electron chi connectivity index (χ4n) is 4.19. The molecular weight excluding hydrogens is 444 g/mol. The zero-order chi connectivity index (χ0) is 24.6. The van der Waals surface area contributed by atoms with Crippen molar-refractivity contribution < 1.29 is 9.59 Å². The van der Waals surface area contributed by atoms with E-state index in [4.69, 9.17) is 5.73 Å². The van der Waals surface area contributed by atoms with E-state index >= 15 is 0 Å². The van der Waals surface area contributed by atoms with Crippen molar-refractivity contribution in [2.45, 2.75) is 38.3 Å². The maximum atomic E-state index is 12.6. The minimum atomic E-state index is -1.18. The molecule has 1 aliphatic heterocycles. The Morgan fingerprint density at radius 3 is 2.71 bits per heavy atom. The fourth-order valence-corrected chi connectivity index (χ4v) is 4.19. The summed E-state index contributed by atoms with van der Waals surface area (Å²) in [5.41, 5.74) is 8.46. The van der Waals surface area contributed by atoms with Crippen molar-refractivity contribution in [3.05, 3.63) is 54.6 Å². The standard InChI is InChI=1S/C25H28N8O2/c1-25(2,24(26)35)32-23(34)20-5-3-4-19(30-20)16-10-15-11-21(31-22(15)28-12-16)17-13-29-33(14-17)18-6-8-27-9-7-18/h3-5,10-14,18,27H,6-9H2,1-2H3,(H2,26,35)(H,28,31)(H,32,34). The lowest BCUT2D eigenvalue weighted by Crippen LogP contribution is -2.53. The maximum absolute atomic E-state index is 12.6. The van der Waals surface area contributed by atoms with Crippen molar-refractivity contribution in [2.24, 2.45) is 5.73 Å². The van der Waals surface area contributed by atoms with E-state index in [1.54, 1.807) is 32.2 Å². The first kappa shape index (κ1) is 22.7. The molecule has 0 aliphatic carbocycles. The number of amides is 2. The Morgan fingerprint density at radius 2 is 1.94 bits per heavy atom. The van der Waals surface area contributed by atoms with Crippen LogP contribution < -0.4 is 16.4 Å². The summed E-state index contributed by atoms with van der Waals surface area (Å²) in [6, 6.07) is 9.60. The van der Waals surface area contributed by atoms with E-state index in [1.165, 1.54) is 0 Å². The molecular formula is C25H28N8O2. The average Bonchev–Trinajstić information content (AvgIpc) is 3.51. The molecule has 0 saturated carbocycles. The minimum Gasteiger partial charge on any atom is -0.368 e. The molecule has 10 nitrogen and oxygen atoms in total. The molecule has 180 valence electrons. The minimum absolute atomic E-state index is 0.192. The number of carbonyl (C=O) groups excluding carboxylic acids is 2. The molecule has 5 rings (SSSR count). The summed E-state index contributed by atoms with van der Waals surface area (Å²) < 4.78 is 2.06. The van der Waals surface area contributed by atoms with Crippen LogP contribution in [-0.4, -0.2) is 55.2 Å². The lowest BCUT2D eigenvalue weighted by atomic mass is 10.0. The first-order valence-corrected chi connectivity index (χ1v) is 11.6. The topological polar surface area (TPSA) is 144 Å². The Bertz CT molecular complexity index is 1400. The third-order valence-corrected chi connectivity index (χ3v) is 6.38. The highest BCUT2D eigenvalue weighted by atomic mass is 16.2. The number of H-pyrrole nitrogens is 1. The highest BCUT2D eigenvalue weighted by molar-refractivity contribution is 5.97. The molecule has 2 amide bonds. The first-order chi connectivity index (χ1) is 16.8. The zero-order valence-corrected chi connectivity index (χ0v) is 19.7. The first-order valence-electron chi connectivity index (χ1n) is 11.6. The van der Waals surface area contributed by atoms with Crippen molar-refractivity contribution >= 4 is 22.8 Å². The summed E-state index contributed by atoms with van der Waals surface area (Å²) in [5.74, 6) is -1.10. The normalized spacial score (nSPS) is 14.8. The van der Waals surface area contributed by atoms with Gasteiger partial charge >= 0.3 is 0 Å². The van der Waals surface area contributed by atoms with Gasteiger partial charge in [-0.15, -0.1) is 0 Å². The quantitative estimate of drug-likeness (QED) is 0.339. The van der Waals surface area contributed by atoms with E-state index in [9.17, 15) is 9.59 Å². The van der Waals surface area contributed by atoms with E-state index in [2.05, 4.69) is 41.6 Å². The van der Waals surface area contributed by atoms with Crippen LogP contribution in [0.25, 0.3) is 33.5 Å². The number of primary amides is 1. The SMILES string of the molecule is CC(C)(NC(=O)c1cccc(-c2cnc3[nH]c(-c4cnn(C5CCNCC5)c4)cc3c2)n1)C(N)=O. The summed E-state index contributed by atoms with van der Waals surface area (Å²) in [4.78, 5) is 36.6. The molecule has 10 heteroatoms. The van der Waals surface area contributed by atoms with Gasteiger partial charge in [-0.05, 0) is 64.0 Å². The fraction of sp³-hybridized carbons (Fsp3) is 0.320. The van der Waals surface area contributed by atoms with Gasteiger partial charge in [0.2, 0.25) is 5.91 Å². The van der Waals surface area contributed by atoms with Crippen LogP contribution in [0.4, 0.5) is 0 Å². The second kappa shape index (κ2) is 8.95. The summed E-state index contributed by atoms with van der Waals surface area (Å²) in [5, 5.41) is 11.5. The van der Waals surface area contributed by atoms with E-state index in [1.807, 2.05) is 24.4 Å². The number of nitrogens with two attached hydrogens (primary N) is 1. The molecule has 1 fully saturated rings. The van der Waals surface area contributed by atoms with Crippen LogP contribution in [0.15, 0.2) is 48.9 Å². The van der Waals surface area contributed by atoms with Gasteiger partial charge in [-0.1, -0.05) is 6.07 Å². The Hall–Kier alpha value is -4.05.